The number of carbonyl (C=O) groups excluding carboxylic acids is 3. The van der Waals surface area contributed by atoms with Crippen LogP contribution in [0.5, 0.6) is 17.2 Å². The summed E-state index contributed by atoms with van der Waals surface area (Å²) >= 11 is 11.8. The number of nitrogens with zero attached hydrogens (tertiary/aromatic N) is 1. The molecular formula is C32H20Cl2N2O6. The van der Waals surface area contributed by atoms with Gasteiger partial charge in [0.1, 0.15) is 17.2 Å². The molecule has 208 valence electrons. The maximum Gasteiger partial charge on any atom is 0.343 e. The number of phenols is 1. The van der Waals surface area contributed by atoms with Gasteiger partial charge in [0.2, 0.25) is 0 Å². The zero-order valence-corrected chi connectivity index (χ0v) is 23.1. The van der Waals surface area contributed by atoms with Crippen molar-refractivity contribution in [2.45, 2.75) is 0 Å². The van der Waals surface area contributed by atoms with E-state index in [1.807, 2.05) is 24.3 Å². The van der Waals surface area contributed by atoms with Crippen molar-refractivity contribution in [2.24, 2.45) is 5.10 Å². The maximum atomic E-state index is 12.8. The Kier molecular flexibility index (Phi) is 8.47. The summed E-state index contributed by atoms with van der Waals surface area (Å²) in [6.07, 6.45) is 1.26. The number of nitrogens with one attached hydrogen (secondary N) is 1. The minimum Gasteiger partial charge on any atom is -0.507 e. The molecule has 8 nitrogen and oxygen atoms in total. The lowest BCUT2D eigenvalue weighted by atomic mass is 10.1. The summed E-state index contributed by atoms with van der Waals surface area (Å²) in [7, 11) is 0. The van der Waals surface area contributed by atoms with Crippen LogP contribution in [0.15, 0.2) is 108 Å². The lowest BCUT2D eigenvalue weighted by molar-refractivity contribution is 0.0731. The average molecular weight is 599 g/mol. The maximum absolute atomic E-state index is 12.8. The van der Waals surface area contributed by atoms with Gasteiger partial charge in [0.15, 0.2) is 0 Å². The lowest BCUT2D eigenvalue weighted by Gasteiger charge is -2.11. The van der Waals surface area contributed by atoms with E-state index in [1.54, 1.807) is 30.3 Å². The third-order valence-corrected chi connectivity index (χ3v) is 6.54. The van der Waals surface area contributed by atoms with Crippen LogP contribution in [0.1, 0.15) is 36.6 Å². The fraction of sp³-hybridized carbons (Fsp3) is 0. The molecule has 1 amide bonds. The number of hydrazone groups is 1. The number of rotatable bonds is 7. The molecule has 0 unspecified atom stereocenters. The van der Waals surface area contributed by atoms with Crippen LogP contribution < -0.4 is 14.9 Å². The number of halogens is 2. The first-order valence-electron chi connectivity index (χ1n) is 12.4. The Morgan fingerprint density at radius 2 is 1.29 bits per heavy atom. The predicted molar refractivity (Wildman–Crippen MR) is 160 cm³/mol. The van der Waals surface area contributed by atoms with Crippen LogP contribution in [0, 0.1) is 0 Å². The molecule has 0 fully saturated rings. The van der Waals surface area contributed by atoms with Gasteiger partial charge < -0.3 is 14.6 Å². The average Bonchev–Trinajstić information content (AvgIpc) is 2.98. The Balaban J connectivity index is 1.38. The van der Waals surface area contributed by atoms with Gasteiger partial charge >= 0.3 is 11.9 Å². The number of esters is 2. The van der Waals surface area contributed by atoms with Crippen LogP contribution in [-0.2, 0) is 0 Å². The second-order valence-electron chi connectivity index (χ2n) is 8.91. The molecule has 0 aliphatic carbocycles. The van der Waals surface area contributed by atoms with Crippen molar-refractivity contribution in [1.29, 1.82) is 0 Å². The monoisotopic (exact) mass is 598 g/mol. The number of hydrogen-bond donors (Lipinski definition) is 2. The van der Waals surface area contributed by atoms with Crippen molar-refractivity contribution in [3.8, 4) is 17.2 Å². The topological polar surface area (TPSA) is 114 Å². The van der Waals surface area contributed by atoms with Gasteiger partial charge in [0, 0.05) is 21.7 Å². The summed E-state index contributed by atoms with van der Waals surface area (Å²) in [5.41, 5.74) is 3.18. The van der Waals surface area contributed by atoms with Crippen LogP contribution in [-0.4, -0.2) is 29.2 Å². The predicted octanol–water partition coefficient (Wildman–Crippen LogP) is 7.05. The quantitative estimate of drug-likeness (QED) is 0.0897. The van der Waals surface area contributed by atoms with Gasteiger partial charge in [-0.25, -0.2) is 15.0 Å². The molecule has 0 atom stereocenters. The molecule has 0 aromatic heterocycles. The SMILES string of the molecule is O=C(Oc1ccc(/C=N/NC(=O)c2cc3ccccc3cc2O)c(OC(=O)c2ccc(Cl)cc2)c1)c1ccc(Cl)cc1. The number of hydrogen-bond acceptors (Lipinski definition) is 7. The number of amides is 1. The molecule has 0 aliphatic heterocycles. The second-order valence-corrected chi connectivity index (χ2v) is 9.78. The van der Waals surface area contributed by atoms with Crippen molar-refractivity contribution in [2.75, 3.05) is 0 Å². The summed E-state index contributed by atoms with van der Waals surface area (Å²) in [6.45, 7) is 0. The van der Waals surface area contributed by atoms with E-state index < -0.39 is 17.8 Å². The lowest BCUT2D eigenvalue weighted by Crippen LogP contribution is -2.18. The van der Waals surface area contributed by atoms with E-state index in [0.29, 0.717) is 10.0 Å². The summed E-state index contributed by atoms with van der Waals surface area (Å²) in [6, 6.07) is 26.9. The molecule has 0 aliphatic rings. The molecule has 10 heteroatoms. The Labute approximate surface area is 249 Å². The molecule has 0 heterocycles. The van der Waals surface area contributed by atoms with E-state index in [1.165, 1.54) is 54.7 Å². The Morgan fingerprint density at radius 3 is 1.90 bits per heavy atom. The number of carbonyl (C=O) groups is 3. The summed E-state index contributed by atoms with van der Waals surface area (Å²) in [5, 5.41) is 16.8. The van der Waals surface area contributed by atoms with Crippen LogP contribution in [0.2, 0.25) is 10.0 Å². The molecule has 2 N–H and O–H groups in total. The smallest absolute Gasteiger partial charge is 0.343 e. The Morgan fingerprint density at radius 1 is 0.714 bits per heavy atom. The van der Waals surface area contributed by atoms with E-state index in [-0.39, 0.29) is 39.5 Å². The van der Waals surface area contributed by atoms with Gasteiger partial charge in [-0.1, -0.05) is 47.5 Å². The number of phenolic OH excluding ortho intramolecular Hbond substituents is 1. The highest BCUT2D eigenvalue weighted by atomic mass is 35.5. The third-order valence-electron chi connectivity index (χ3n) is 6.04. The number of aromatic hydroxyl groups is 1. The fourth-order valence-electron chi connectivity index (χ4n) is 3.90. The van der Waals surface area contributed by atoms with Crippen molar-refractivity contribution >= 4 is 58.0 Å². The molecule has 0 spiro atoms. The summed E-state index contributed by atoms with van der Waals surface area (Å²) in [5.74, 6) is -2.11. The van der Waals surface area contributed by atoms with E-state index in [4.69, 9.17) is 32.7 Å². The fourth-order valence-corrected chi connectivity index (χ4v) is 4.15. The Bertz CT molecular complexity index is 1840. The number of benzene rings is 5. The minimum atomic E-state index is -0.701. The summed E-state index contributed by atoms with van der Waals surface area (Å²) in [4.78, 5) is 38.2. The van der Waals surface area contributed by atoms with E-state index in [0.717, 1.165) is 10.8 Å². The van der Waals surface area contributed by atoms with E-state index in [9.17, 15) is 19.5 Å². The highest BCUT2D eigenvalue weighted by Crippen LogP contribution is 2.27. The van der Waals surface area contributed by atoms with Gasteiger partial charge in [-0.15, -0.1) is 0 Å². The molecule has 42 heavy (non-hydrogen) atoms. The molecular weight excluding hydrogens is 579 g/mol. The van der Waals surface area contributed by atoms with Gasteiger partial charge in [-0.05, 0) is 83.6 Å². The Hall–Kier alpha value is -5.18. The standard InChI is InChI=1S/C32H20Cl2N2O6/c33-24-10-5-19(6-11-24)31(39)41-26-14-9-23(29(17-26)42-32(40)20-7-12-25(34)13-8-20)18-35-36-30(38)27-15-21-3-1-2-4-22(21)16-28(27)37/h1-18,37H,(H,36,38)/b35-18+. The van der Waals surface area contributed by atoms with Gasteiger partial charge in [0.05, 0.1) is 22.9 Å². The van der Waals surface area contributed by atoms with Crippen LogP contribution in [0.25, 0.3) is 10.8 Å². The summed E-state index contributed by atoms with van der Waals surface area (Å²) < 4.78 is 11.0. The molecule has 0 saturated carbocycles. The molecule has 0 saturated heterocycles. The van der Waals surface area contributed by atoms with E-state index >= 15 is 0 Å². The number of ether oxygens (including phenoxy) is 2. The number of fused-ring (bicyclic) bond motifs is 1. The first-order chi connectivity index (χ1) is 20.3. The van der Waals surface area contributed by atoms with Gasteiger partial charge in [0.25, 0.3) is 5.91 Å². The van der Waals surface area contributed by atoms with E-state index in [2.05, 4.69) is 10.5 Å². The minimum absolute atomic E-state index is 0.00269. The van der Waals surface area contributed by atoms with Crippen LogP contribution in [0.3, 0.4) is 0 Å². The van der Waals surface area contributed by atoms with Crippen LogP contribution in [0.4, 0.5) is 0 Å². The molecule has 5 aromatic carbocycles. The largest absolute Gasteiger partial charge is 0.507 e. The zero-order valence-electron chi connectivity index (χ0n) is 21.6. The molecule has 5 aromatic rings. The zero-order chi connectivity index (χ0) is 29.6. The van der Waals surface area contributed by atoms with Gasteiger partial charge in [-0.2, -0.15) is 5.10 Å². The van der Waals surface area contributed by atoms with Crippen molar-refractivity contribution < 1.29 is 29.0 Å². The van der Waals surface area contributed by atoms with Gasteiger partial charge in [-0.3, -0.25) is 4.79 Å². The molecule has 5 rings (SSSR count). The van der Waals surface area contributed by atoms with Crippen molar-refractivity contribution in [3.05, 3.63) is 135 Å². The molecule has 0 radical (unpaired) electrons. The first-order valence-corrected chi connectivity index (χ1v) is 13.2. The second kappa shape index (κ2) is 12.6. The van der Waals surface area contributed by atoms with Crippen molar-refractivity contribution in [3.63, 3.8) is 0 Å². The highest BCUT2D eigenvalue weighted by molar-refractivity contribution is 6.31. The first kappa shape index (κ1) is 28.4. The normalized spacial score (nSPS) is 10.9. The molecule has 0 bridgehead atoms. The highest BCUT2D eigenvalue weighted by Gasteiger charge is 2.16. The van der Waals surface area contributed by atoms with Crippen molar-refractivity contribution in [1.82, 2.24) is 5.43 Å². The third kappa shape index (κ3) is 6.75. The van der Waals surface area contributed by atoms with Crippen LogP contribution >= 0.6 is 23.2 Å².